The Balaban J connectivity index is 3.19. The quantitative estimate of drug-likeness (QED) is 0.889. The van der Waals surface area contributed by atoms with E-state index in [1.165, 1.54) is 12.1 Å². The van der Waals surface area contributed by atoms with Gasteiger partial charge >= 0.3 is 5.97 Å². The Morgan fingerprint density at radius 1 is 1.33 bits per heavy atom. The lowest BCUT2D eigenvalue weighted by molar-refractivity contribution is -0.119. The van der Waals surface area contributed by atoms with Crippen molar-refractivity contribution in [2.24, 2.45) is 5.92 Å². The van der Waals surface area contributed by atoms with Crippen LogP contribution in [0.25, 0.3) is 0 Å². The number of anilines is 1. The Kier molecular flexibility index (Phi) is 4.99. The lowest BCUT2D eigenvalue weighted by Gasteiger charge is -2.14. The average molecular weight is 290 g/mol. The van der Waals surface area contributed by atoms with Crippen LogP contribution in [0.2, 0.25) is 10.0 Å². The smallest absolute Gasteiger partial charge is 0.339 e. The summed E-state index contributed by atoms with van der Waals surface area (Å²) >= 11 is 11.7. The third kappa shape index (κ3) is 3.15. The minimum absolute atomic E-state index is 0.0337. The number of nitrogens with one attached hydrogen (secondary N) is 1. The maximum atomic E-state index is 11.8. The maximum Gasteiger partial charge on any atom is 0.339 e. The van der Waals surface area contributed by atoms with Crippen LogP contribution in [0, 0.1) is 5.92 Å². The monoisotopic (exact) mass is 289 g/mol. The second kappa shape index (κ2) is 6.07. The predicted molar refractivity (Wildman–Crippen MR) is 71.5 cm³/mol. The number of amides is 1. The molecule has 1 rings (SSSR count). The van der Waals surface area contributed by atoms with Gasteiger partial charge in [0, 0.05) is 5.92 Å². The van der Waals surface area contributed by atoms with Crippen LogP contribution >= 0.6 is 23.2 Å². The van der Waals surface area contributed by atoms with Crippen molar-refractivity contribution in [1.29, 1.82) is 0 Å². The summed E-state index contributed by atoms with van der Waals surface area (Å²) in [6, 6.07) is 2.83. The molecule has 1 amide bonds. The van der Waals surface area contributed by atoms with Gasteiger partial charge in [-0.25, -0.2) is 4.79 Å². The zero-order valence-corrected chi connectivity index (χ0v) is 11.5. The van der Waals surface area contributed by atoms with Gasteiger partial charge in [-0.2, -0.15) is 0 Å². The molecule has 0 aliphatic heterocycles. The van der Waals surface area contributed by atoms with E-state index in [-0.39, 0.29) is 33.1 Å². The molecule has 1 aromatic rings. The zero-order chi connectivity index (χ0) is 13.9. The van der Waals surface area contributed by atoms with E-state index in [9.17, 15) is 9.59 Å². The molecule has 1 aromatic carbocycles. The number of carbonyl (C=O) groups is 2. The van der Waals surface area contributed by atoms with Crippen LogP contribution in [0.4, 0.5) is 5.69 Å². The summed E-state index contributed by atoms with van der Waals surface area (Å²) in [5.41, 5.74) is -0.150. The van der Waals surface area contributed by atoms with E-state index < -0.39 is 5.97 Å². The average Bonchev–Trinajstić information content (AvgIpc) is 2.32. The standard InChI is InChI=1S/C12H13Cl2NO3/c1-3-6(2)11(16)15-10-8(14)5-4-7(13)9(10)12(17)18/h4-6H,3H2,1-2H3,(H,15,16)(H,17,18). The van der Waals surface area contributed by atoms with Crippen molar-refractivity contribution in [2.75, 3.05) is 5.32 Å². The molecule has 6 heteroatoms. The first-order chi connectivity index (χ1) is 8.38. The number of carbonyl (C=O) groups excluding carboxylic acids is 1. The molecule has 0 fully saturated rings. The van der Waals surface area contributed by atoms with Crippen molar-refractivity contribution in [3.63, 3.8) is 0 Å². The van der Waals surface area contributed by atoms with E-state index in [2.05, 4.69) is 5.32 Å². The van der Waals surface area contributed by atoms with Crippen molar-refractivity contribution in [2.45, 2.75) is 20.3 Å². The third-order valence-corrected chi connectivity index (χ3v) is 3.26. The molecule has 0 bridgehead atoms. The van der Waals surface area contributed by atoms with Gasteiger partial charge in [0.05, 0.1) is 15.7 Å². The first-order valence-electron chi connectivity index (χ1n) is 5.40. The Morgan fingerprint density at radius 3 is 2.39 bits per heavy atom. The molecule has 0 aliphatic carbocycles. The highest BCUT2D eigenvalue weighted by molar-refractivity contribution is 6.38. The van der Waals surface area contributed by atoms with E-state index in [1.807, 2.05) is 6.92 Å². The molecule has 1 unspecified atom stereocenters. The van der Waals surface area contributed by atoms with E-state index in [4.69, 9.17) is 28.3 Å². The summed E-state index contributed by atoms with van der Waals surface area (Å²) in [6.45, 7) is 3.61. The van der Waals surface area contributed by atoms with Crippen molar-refractivity contribution in [3.8, 4) is 0 Å². The van der Waals surface area contributed by atoms with Gasteiger partial charge < -0.3 is 10.4 Å². The summed E-state index contributed by atoms with van der Waals surface area (Å²) in [7, 11) is 0. The normalized spacial score (nSPS) is 12.0. The zero-order valence-electron chi connectivity index (χ0n) is 9.96. The lowest BCUT2D eigenvalue weighted by Crippen LogP contribution is -2.21. The maximum absolute atomic E-state index is 11.8. The minimum Gasteiger partial charge on any atom is -0.478 e. The van der Waals surface area contributed by atoms with Gasteiger partial charge in [0.1, 0.15) is 5.56 Å². The summed E-state index contributed by atoms with van der Waals surface area (Å²) in [5, 5.41) is 11.8. The lowest BCUT2D eigenvalue weighted by atomic mass is 10.1. The van der Waals surface area contributed by atoms with Gasteiger partial charge in [-0.1, -0.05) is 37.0 Å². The van der Waals surface area contributed by atoms with Gasteiger partial charge in [-0.3, -0.25) is 4.79 Å². The van der Waals surface area contributed by atoms with Crippen LogP contribution in [-0.2, 0) is 4.79 Å². The molecular weight excluding hydrogens is 277 g/mol. The largest absolute Gasteiger partial charge is 0.478 e. The Labute approximate surface area is 115 Å². The van der Waals surface area contributed by atoms with Gasteiger partial charge in [-0.05, 0) is 18.6 Å². The van der Waals surface area contributed by atoms with Crippen LogP contribution in [0.5, 0.6) is 0 Å². The Hall–Kier alpha value is -1.26. The highest BCUT2D eigenvalue weighted by atomic mass is 35.5. The van der Waals surface area contributed by atoms with Crippen molar-refractivity contribution in [3.05, 3.63) is 27.7 Å². The fraction of sp³-hybridized carbons (Fsp3) is 0.333. The summed E-state index contributed by atoms with van der Waals surface area (Å²) in [5.74, 6) is -1.76. The number of aromatic carboxylic acids is 1. The molecule has 98 valence electrons. The summed E-state index contributed by atoms with van der Waals surface area (Å²) < 4.78 is 0. The van der Waals surface area contributed by atoms with Gasteiger partial charge in [0.15, 0.2) is 0 Å². The molecular formula is C12H13Cl2NO3. The molecule has 0 aliphatic rings. The van der Waals surface area contributed by atoms with Gasteiger partial charge in [0.2, 0.25) is 5.91 Å². The molecule has 0 saturated heterocycles. The molecule has 0 aromatic heterocycles. The molecule has 0 radical (unpaired) electrons. The number of rotatable bonds is 4. The first kappa shape index (κ1) is 14.8. The molecule has 0 saturated carbocycles. The van der Waals surface area contributed by atoms with E-state index in [0.29, 0.717) is 6.42 Å². The Morgan fingerprint density at radius 2 is 1.89 bits per heavy atom. The minimum atomic E-state index is -1.23. The molecule has 18 heavy (non-hydrogen) atoms. The van der Waals surface area contributed by atoms with E-state index in [1.54, 1.807) is 6.92 Å². The second-order valence-electron chi connectivity index (χ2n) is 3.88. The number of carboxylic acid groups (broad SMARTS) is 1. The molecule has 0 heterocycles. The topological polar surface area (TPSA) is 66.4 Å². The summed E-state index contributed by atoms with van der Waals surface area (Å²) in [6.07, 6.45) is 0.645. The van der Waals surface area contributed by atoms with Crippen LogP contribution < -0.4 is 5.32 Å². The fourth-order valence-corrected chi connectivity index (χ4v) is 1.76. The summed E-state index contributed by atoms with van der Waals surface area (Å²) in [4.78, 5) is 22.9. The highest BCUT2D eigenvalue weighted by Gasteiger charge is 2.21. The van der Waals surface area contributed by atoms with E-state index in [0.717, 1.165) is 0 Å². The molecule has 1 atom stereocenters. The second-order valence-corrected chi connectivity index (χ2v) is 4.70. The van der Waals surface area contributed by atoms with Crippen LogP contribution in [0.3, 0.4) is 0 Å². The van der Waals surface area contributed by atoms with Gasteiger partial charge in [0.25, 0.3) is 0 Å². The molecule has 4 nitrogen and oxygen atoms in total. The van der Waals surface area contributed by atoms with Crippen LogP contribution in [0.1, 0.15) is 30.6 Å². The van der Waals surface area contributed by atoms with Crippen LogP contribution in [-0.4, -0.2) is 17.0 Å². The predicted octanol–water partition coefficient (Wildman–Crippen LogP) is 3.68. The highest BCUT2D eigenvalue weighted by Crippen LogP contribution is 2.32. The Bertz CT molecular complexity index is 488. The number of benzene rings is 1. The molecule has 0 spiro atoms. The number of carboxylic acids is 1. The third-order valence-electron chi connectivity index (χ3n) is 2.63. The number of hydrogen-bond donors (Lipinski definition) is 2. The van der Waals surface area contributed by atoms with Crippen molar-refractivity contribution < 1.29 is 14.7 Å². The van der Waals surface area contributed by atoms with Crippen LogP contribution in [0.15, 0.2) is 12.1 Å². The number of hydrogen-bond acceptors (Lipinski definition) is 2. The van der Waals surface area contributed by atoms with Gasteiger partial charge in [-0.15, -0.1) is 0 Å². The number of halogens is 2. The van der Waals surface area contributed by atoms with Crippen molar-refractivity contribution in [1.82, 2.24) is 0 Å². The van der Waals surface area contributed by atoms with Crippen molar-refractivity contribution >= 4 is 40.8 Å². The van der Waals surface area contributed by atoms with E-state index >= 15 is 0 Å². The molecule has 2 N–H and O–H groups in total. The SMILES string of the molecule is CCC(C)C(=O)Nc1c(Cl)ccc(Cl)c1C(=O)O. The fourth-order valence-electron chi connectivity index (χ4n) is 1.31. The first-order valence-corrected chi connectivity index (χ1v) is 6.16.